The van der Waals surface area contributed by atoms with Crippen LogP contribution < -0.4 is 10.5 Å². The van der Waals surface area contributed by atoms with Gasteiger partial charge in [0.05, 0.1) is 23.3 Å². The van der Waals surface area contributed by atoms with Crippen molar-refractivity contribution in [3.8, 4) is 17.0 Å². The van der Waals surface area contributed by atoms with Crippen LogP contribution in [0, 0.1) is 6.92 Å². The number of aromatic amines is 1. The summed E-state index contributed by atoms with van der Waals surface area (Å²) in [7, 11) is 1.70. The van der Waals surface area contributed by atoms with Crippen LogP contribution in [0.15, 0.2) is 30.3 Å². The fraction of sp³-hybridized carbons (Fsp3) is 0.300. The van der Waals surface area contributed by atoms with Crippen molar-refractivity contribution in [1.82, 2.24) is 4.98 Å². The highest BCUT2D eigenvalue weighted by molar-refractivity contribution is 6.38. The lowest BCUT2D eigenvalue weighted by atomic mass is 9.98. The Kier molecular flexibility index (Phi) is 5.57. The Morgan fingerprint density at radius 1 is 1.16 bits per heavy atom. The monoisotopic (exact) mass is 376 g/mol. The molecular weight excluding hydrogens is 355 g/mol. The van der Waals surface area contributed by atoms with Gasteiger partial charge >= 0.3 is 0 Å². The van der Waals surface area contributed by atoms with Crippen LogP contribution in [-0.2, 0) is 6.42 Å². The number of aromatic nitrogens is 1. The molecule has 0 bridgehead atoms. The molecule has 3 rings (SSSR count). The predicted molar refractivity (Wildman–Crippen MR) is 107 cm³/mol. The normalized spacial score (nSPS) is 11.2. The zero-order valence-corrected chi connectivity index (χ0v) is 16.0. The van der Waals surface area contributed by atoms with Gasteiger partial charge in [-0.1, -0.05) is 35.3 Å². The van der Waals surface area contributed by atoms with Crippen LogP contribution in [0.4, 0.5) is 0 Å². The molecule has 5 heteroatoms. The summed E-state index contributed by atoms with van der Waals surface area (Å²) >= 11 is 12.7. The van der Waals surface area contributed by atoms with E-state index in [1.165, 1.54) is 5.56 Å². The average Bonchev–Trinajstić information content (AvgIpc) is 2.94. The smallest absolute Gasteiger partial charge is 0.131 e. The predicted octanol–water partition coefficient (Wildman–Crippen LogP) is 5.74. The molecule has 0 radical (unpaired) electrons. The third kappa shape index (κ3) is 3.50. The van der Waals surface area contributed by atoms with Gasteiger partial charge in [-0.05, 0) is 62.1 Å². The number of methoxy groups -OCH3 is 1. The van der Waals surface area contributed by atoms with Gasteiger partial charge in [0.2, 0.25) is 0 Å². The number of halogens is 2. The second-order valence-electron chi connectivity index (χ2n) is 6.19. The summed E-state index contributed by atoms with van der Waals surface area (Å²) in [4.78, 5) is 3.50. The van der Waals surface area contributed by atoms with E-state index < -0.39 is 0 Å². The molecule has 0 amide bonds. The molecule has 3 aromatic rings. The van der Waals surface area contributed by atoms with Gasteiger partial charge in [0.25, 0.3) is 0 Å². The first kappa shape index (κ1) is 18.1. The van der Waals surface area contributed by atoms with E-state index in [1.54, 1.807) is 13.2 Å². The maximum Gasteiger partial charge on any atom is 0.131 e. The molecule has 0 aliphatic heterocycles. The molecule has 0 spiro atoms. The van der Waals surface area contributed by atoms with Crippen molar-refractivity contribution in [2.75, 3.05) is 13.7 Å². The van der Waals surface area contributed by atoms with Gasteiger partial charge in [0.15, 0.2) is 0 Å². The number of aryl methyl sites for hydroxylation is 2. The number of hydrogen-bond donors (Lipinski definition) is 2. The van der Waals surface area contributed by atoms with E-state index in [2.05, 4.69) is 11.1 Å². The molecule has 0 unspecified atom stereocenters. The van der Waals surface area contributed by atoms with E-state index in [4.69, 9.17) is 33.7 Å². The zero-order chi connectivity index (χ0) is 18.0. The van der Waals surface area contributed by atoms with Gasteiger partial charge in [-0.25, -0.2) is 0 Å². The number of unbranched alkanes of at least 4 members (excludes halogenated alkanes) is 1. The lowest BCUT2D eigenvalue weighted by molar-refractivity contribution is 0.413. The molecule has 2 aromatic carbocycles. The van der Waals surface area contributed by atoms with Crippen molar-refractivity contribution >= 4 is 34.1 Å². The van der Waals surface area contributed by atoms with E-state index in [-0.39, 0.29) is 0 Å². The van der Waals surface area contributed by atoms with E-state index in [9.17, 15) is 0 Å². The van der Waals surface area contributed by atoms with Crippen LogP contribution in [0.2, 0.25) is 10.0 Å². The molecule has 0 fully saturated rings. The molecule has 1 heterocycles. The lowest BCUT2D eigenvalue weighted by Crippen LogP contribution is -1.99. The summed E-state index contributed by atoms with van der Waals surface area (Å²) in [6.45, 7) is 2.73. The van der Waals surface area contributed by atoms with Crippen LogP contribution >= 0.6 is 23.2 Å². The maximum absolute atomic E-state index is 6.43. The van der Waals surface area contributed by atoms with Gasteiger partial charge in [0, 0.05) is 16.0 Å². The van der Waals surface area contributed by atoms with E-state index in [0.717, 1.165) is 52.7 Å². The van der Waals surface area contributed by atoms with Gasteiger partial charge in [-0.15, -0.1) is 0 Å². The van der Waals surface area contributed by atoms with Gasteiger partial charge in [-0.3, -0.25) is 0 Å². The molecule has 0 saturated carbocycles. The van der Waals surface area contributed by atoms with E-state index in [1.807, 2.05) is 25.1 Å². The summed E-state index contributed by atoms with van der Waals surface area (Å²) < 4.78 is 5.66. The van der Waals surface area contributed by atoms with Crippen LogP contribution in [0.1, 0.15) is 24.0 Å². The SMILES string of the molecule is COc1c(C)cccc1-c1[nH]c2c(Cl)cc(Cl)cc2c1CCCCN. The van der Waals surface area contributed by atoms with Crippen LogP contribution in [0.3, 0.4) is 0 Å². The summed E-state index contributed by atoms with van der Waals surface area (Å²) in [6.07, 6.45) is 2.89. The lowest BCUT2D eigenvalue weighted by Gasteiger charge is -2.12. The van der Waals surface area contributed by atoms with Gasteiger partial charge in [-0.2, -0.15) is 0 Å². The standard InChI is InChI=1S/C20H22Cl2N2O/c1-12-6-5-8-15(20(12)25-2)18-14(7-3-4-9-23)16-10-13(21)11-17(22)19(16)24-18/h5-6,8,10-11,24H,3-4,7,9,23H2,1-2H3. The molecular formula is C20H22Cl2N2O. The van der Waals surface area contributed by atoms with Crippen LogP contribution in [-0.4, -0.2) is 18.6 Å². The number of nitrogens with one attached hydrogen (secondary N) is 1. The van der Waals surface area contributed by atoms with Crippen molar-refractivity contribution < 1.29 is 4.74 Å². The zero-order valence-electron chi connectivity index (χ0n) is 14.5. The number of benzene rings is 2. The quantitative estimate of drug-likeness (QED) is 0.538. The molecule has 1 aromatic heterocycles. The third-order valence-electron chi connectivity index (χ3n) is 4.50. The van der Waals surface area contributed by atoms with Gasteiger partial charge in [0.1, 0.15) is 5.75 Å². The second kappa shape index (κ2) is 7.69. The first-order chi connectivity index (χ1) is 12.1. The van der Waals surface area contributed by atoms with Crippen molar-refractivity contribution in [1.29, 1.82) is 0 Å². The fourth-order valence-electron chi connectivity index (χ4n) is 3.33. The van der Waals surface area contributed by atoms with E-state index >= 15 is 0 Å². The molecule has 0 aliphatic carbocycles. The summed E-state index contributed by atoms with van der Waals surface area (Å²) in [5, 5.41) is 2.33. The summed E-state index contributed by atoms with van der Waals surface area (Å²) in [5.74, 6) is 0.872. The summed E-state index contributed by atoms with van der Waals surface area (Å²) in [5.41, 5.74) is 11.0. The largest absolute Gasteiger partial charge is 0.496 e. The number of rotatable bonds is 6. The highest BCUT2D eigenvalue weighted by atomic mass is 35.5. The highest BCUT2D eigenvalue weighted by Crippen LogP contribution is 2.40. The Labute approximate surface area is 158 Å². The van der Waals surface area contributed by atoms with Crippen molar-refractivity contribution in [3.63, 3.8) is 0 Å². The van der Waals surface area contributed by atoms with Crippen molar-refractivity contribution in [2.24, 2.45) is 5.73 Å². The number of nitrogens with two attached hydrogens (primary N) is 1. The second-order valence-corrected chi connectivity index (χ2v) is 7.03. The summed E-state index contributed by atoms with van der Waals surface area (Å²) in [6, 6.07) is 9.89. The minimum Gasteiger partial charge on any atom is -0.496 e. The molecule has 0 saturated heterocycles. The fourth-order valence-corrected chi connectivity index (χ4v) is 3.87. The molecule has 132 valence electrons. The van der Waals surface area contributed by atoms with Crippen LogP contribution in [0.25, 0.3) is 22.2 Å². The first-order valence-corrected chi connectivity index (χ1v) is 9.16. The molecule has 3 N–H and O–H groups in total. The molecule has 25 heavy (non-hydrogen) atoms. The third-order valence-corrected chi connectivity index (χ3v) is 5.01. The number of fused-ring (bicyclic) bond motifs is 1. The van der Waals surface area contributed by atoms with Crippen molar-refractivity contribution in [2.45, 2.75) is 26.2 Å². The Morgan fingerprint density at radius 2 is 1.96 bits per heavy atom. The van der Waals surface area contributed by atoms with Gasteiger partial charge < -0.3 is 15.5 Å². The Balaban J connectivity index is 2.25. The van der Waals surface area contributed by atoms with Crippen molar-refractivity contribution in [3.05, 3.63) is 51.5 Å². The molecule has 3 nitrogen and oxygen atoms in total. The number of ether oxygens (including phenoxy) is 1. The minimum atomic E-state index is 0.625. The minimum absolute atomic E-state index is 0.625. The van der Waals surface area contributed by atoms with E-state index in [0.29, 0.717) is 16.6 Å². The average molecular weight is 377 g/mol. The highest BCUT2D eigenvalue weighted by Gasteiger charge is 2.19. The number of H-pyrrole nitrogens is 1. The molecule has 0 atom stereocenters. The maximum atomic E-state index is 6.43. The topological polar surface area (TPSA) is 51.0 Å². The molecule has 0 aliphatic rings. The Hall–Kier alpha value is -1.68. The first-order valence-electron chi connectivity index (χ1n) is 8.40. The Morgan fingerprint density at radius 3 is 2.68 bits per heavy atom. The van der Waals surface area contributed by atoms with Crippen LogP contribution in [0.5, 0.6) is 5.75 Å². The Bertz CT molecular complexity index is 902. The number of para-hydroxylation sites is 1. The number of hydrogen-bond acceptors (Lipinski definition) is 2.